The SMILES string of the molecule is CCC(C(=O)NCCOc1ccc2ccccc2c1)N(c1cc(Cl)ccc1Cl)S(C)(=O)=O. The van der Waals surface area contributed by atoms with Gasteiger partial charge in [-0.2, -0.15) is 0 Å². The van der Waals surface area contributed by atoms with Crippen LogP contribution in [0.3, 0.4) is 0 Å². The Kier molecular flexibility index (Phi) is 7.87. The molecule has 1 N–H and O–H groups in total. The van der Waals surface area contributed by atoms with Gasteiger partial charge in [-0.05, 0) is 47.5 Å². The van der Waals surface area contributed by atoms with E-state index in [9.17, 15) is 13.2 Å². The van der Waals surface area contributed by atoms with E-state index >= 15 is 0 Å². The number of benzene rings is 3. The van der Waals surface area contributed by atoms with Crippen LogP contribution in [0.5, 0.6) is 5.75 Å². The summed E-state index contributed by atoms with van der Waals surface area (Å²) in [5.74, 6) is 0.240. The first kappa shape index (κ1) is 24.2. The van der Waals surface area contributed by atoms with E-state index in [0.29, 0.717) is 10.8 Å². The molecule has 0 fully saturated rings. The Morgan fingerprint density at radius 1 is 1.06 bits per heavy atom. The number of carbonyl (C=O) groups is 1. The summed E-state index contributed by atoms with van der Waals surface area (Å²) in [5.41, 5.74) is 0.163. The molecule has 0 bridgehead atoms. The van der Waals surface area contributed by atoms with Gasteiger partial charge in [-0.3, -0.25) is 9.10 Å². The molecule has 3 aromatic carbocycles. The van der Waals surface area contributed by atoms with E-state index in [1.54, 1.807) is 13.0 Å². The molecule has 1 amide bonds. The Morgan fingerprint density at radius 3 is 2.47 bits per heavy atom. The van der Waals surface area contributed by atoms with Gasteiger partial charge in [0.25, 0.3) is 0 Å². The molecule has 0 spiro atoms. The minimum atomic E-state index is -3.81. The van der Waals surface area contributed by atoms with Crippen molar-refractivity contribution in [2.45, 2.75) is 19.4 Å². The lowest BCUT2D eigenvalue weighted by Gasteiger charge is -2.30. The van der Waals surface area contributed by atoms with Crippen LogP contribution in [0, 0.1) is 0 Å². The van der Waals surface area contributed by atoms with Gasteiger partial charge in [-0.1, -0.05) is 60.5 Å². The maximum atomic E-state index is 12.9. The Hall–Kier alpha value is -2.48. The van der Waals surface area contributed by atoms with Crippen LogP contribution in [-0.2, 0) is 14.8 Å². The fourth-order valence-corrected chi connectivity index (χ4v) is 5.05. The van der Waals surface area contributed by atoms with E-state index in [1.165, 1.54) is 12.1 Å². The van der Waals surface area contributed by atoms with Crippen LogP contribution in [-0.4, -0.2) is 39.8 Å². The number of hydrogen-bond acceptors (Lipinski definition) is 4. The highest BCUT2D eigenvalue weighted by Crippen LogP contribution is 2.33. The Morgan fingerprint density at radius 2 is 1.78 bits per heavy atom. The topological polar surface area (TPSA) is 75.7 Å². The molecule has 3 rings (SSSR count). The van der Waals surface area contributed by atoms with Crippen molar-refractivity contribution in [1.29, 1.82) is 0 Å². The van der Waals surface area contributed by atoms with Crippen molar-refractivity contribution in [3.05, 3.63) is 70.7 Å². The summed E-state index contributed by atoms with van der Waals surface area (Å²) in [5, 5.41) is 5.42. The lowest BCUT2D eigenvalue weighted by Crippen LogP contribution is -2.50. The quantitative estimate of drug-likeness (QED) is 0.429. The molecule has 0 radical (unpaired) electrons. The second-order valence-electron chi connectivity index (χ2n) is 7.23. The number of rotatable bonds is 9. The Bertz CT molecular complexity index is 1220. The summed E-state index contributed by atoms with van der Waals surface area (Å²) >= 11 is 12.3. The van der Waals surface area contributed by atoms with E-state index in [0.717, 1.165) is 21.3 Å². The molecule has 0 saturated carbocycles. The number of hydrogen-bond donors (Lipinski definition) is 1. The molecule has 0 aliphatic rings. The average Bonchev–Trinajstić information content (AvgIpc) is 2.75. The van der Waals surface area contributed by atoms with Crippen LogP contribution in [0.15, 0.2) is 60.7 Å². The molecule has 0 heterocycles. The Labute approximate surface area is 198 Å². The van der Waals surface area contributed by atoms with Crippen LogP contribution < -0.4 is 14.4 Å². The fourth-order valence-electron chi connectivity index (χ4n) is 3.41. The molecule has 32 heavy (non-hydrogen) atoms. The fraction of sp³-hybridized carbons (Fsp3) is 0.261. The maximum absolute atomic E-state index is 12.9. The third-order valence-electron chi connectivity index (χ3n) is 4.87. The number of sulfonamides is 1. The zero-order chi connectivity index (χ0) is 23.3. The van der Waals surface area contributed by atoms with Crippen molar-refractivity contribution in [2.75, 3.05) is 23.7 Å². The zero-order valence-corrected chi connectivity index (χ0v) is 20.0. The van der Waals surface area contributed by atoms with Crippen molar-refractivity contribution in [1.82, 2.24) is 5.32 Å². The predicted octanol–water partition coefficient (Wildman–Crippen LogP) is 4.89. The van der Waals surface area contributed by atoms with E-state index in [2.05, 4.69) is 5.32 Å². The molecule has 6 nitrogen and oxygen atoms in total. The predicted molar refractivity (Wildman–Crippen MR) is 130 cm³/mol. The minimum Gasteiger partial charge on any atom is -0.492 e. The van der Waals surface area contributed by atoms with Gasteiger partial charge in [0.1, 0.15) is 18.4 Å². The van der Waals surface area contributed by atoms with Crippen molar-refractivity contribution >= 4 is 55.6 Å². The second-order valence-corrected chi connectivity index (χ2v) is 9.93. The number of ether oxygens (including phenoxy) is 1. The Balaban J connectivity index is 1.67. The number of halogens is 2. The molecule has 0 saturated heterocycles. The normalized spacial score (nSPS) is 12.4. The zero-order valence-electron chi connectivity index (χ0n) is 17.7. The first-order chi connectivity index (χ1) is 15.2. The highest BCUT2D eigenvalue weighted by Gasteiger charge is 2.32. The van der Waals surface area contributed by atoms with Crippen LogP contribution >= 0.6 is 23.2 Å². The van der Waals surface area contributed by atoms with E-state index in [-0.39, 0.29) is 30.3 Å². The number of nitrogens with one attached hydrogen (secondary N) is 1. The molecule has 0 aliphatic carbocycles. The summed E-state index contributed by atoms with van der Waals surface area (Å²) in [4.78, 5) is 12.9. The van der Waals surface area contributed by atoms with Gasteiger partial charge in [-0.25, -0.2) is 8.42 Å². The molecule has 3 aromatic rings. The smallest absolute Gasteiger partial charge is 0.244 e. The van der Waals surface area contributed by atoms with Gasteiger partial charge < -0.3 is 10.1 Å². The molecule has 0 aliphatic heterocycles. The molecule has 9 heteroatoms. The number of anilines is 1. The van der Waals surface area contributed by atoms with E-state index in [1.807, 2.05) is 42.5 Å². The van der Waals surface area contributed by atoms with Crippen LogP contribution in [0.4, 0.5) is 5.69 Å². The van der Waals surface area contributed by atoms with Gasteiger partial charge in [0.2, 0.25) is 15.9 Å². The summed E-state index contributed by atoms with van der Waals surface area (Å²) in [6.45, 7) is 2.17. The summed E-state index contributed by atoms with van der Waals surface area (Å²) in [6, 6.07) is 17.2. The van der Waals surface area contributed by atoms with Gasteiger partial charge in [0.15, 0.2) is 0 Å². The van der Waals surface area contributed by atoms with Crippen LogP contribution in [0.2, 0.25) is 10.0 Å². The average molecular weight is 495 g/mol. The van der Waals surface area contributed by atoms with Crippen LogP contribution in [0.1, 0.15) is 13.3 Å². The highest BCUT2D eigenvalue weighted by atomic mass is 35.5. The molecule has 1 unspecified atom stereocenters. The number of fused-ring (bicyclic) bond motifs is 1. The van der Waals surface area contributed by atoms with Crippen LogP contribution in [0.25, 0.3) is 10.8 Å². The van der Waals surface area contributed by atoms with Crippen molar-refractivity contribution in [2.24, 2.45) is 0 Å². The maximum Gasteiger partial charge on any atom is 0.244 e. The van der Waals surface area contributed by atoms with Crippen molar-refractivity contribution in [3.8, 4) is 5.75 Å². The van der Waals surface area contributed by atoms with Gasteiger partial charge >= 0.3 is 0 Å². The first-order valence-electron chi connectivity index (χ1n) is 10.0. The van der Waals surface area contributed by atoms with E-state index < -0.39 is 22.0 Å². The van der Waals surface area contributed by atoms with Gasteiger partial charge in [0.05, 0.1) is 23.5 Å². The summed E-state index contributed by atoms with van der Waals surface area (Å²) in [6.07, 6.45) is 1.27. The van der Waals surface area contributed by atoms with Gasteiger partial charge in [-0.15, -0.1) is 0 Å². The summed E-state index contributed by atoms with van der Waals surface area (Å²) in [7, 11) is -3.81. The highest BCUT2D eigenvalue weighted by molar-refractivity contribution is 7.92. The third kappa shape index (κ3) is 5.85. The molecule has 1 atom stereocenters. The second kappa shape index (κ2) is 10.4. The largest absolute Gasteiger partial charge is 0.492 e. The lowest BCUT2D eigenvalue weighted by molar-refractivity contribution is -0.122. The minimum absolute atomic E-state index is 0.163. The van der Waals surface area contributed by atoms with E-state index in [4.69, 9.17) is 27.9 Å². The lowest BCUT2D eigenvalue weighted by atomic mass is 10.1. The number of nitrogens with zero attached hydrogens (tertiary/aromatic N) is 1. The number of carbonyl (C=O) groups excluding carboxylic acids is 1. The van der Waals surface area contributed by atoms with Crippen molar-refractivity contribution in [3.63, 3.8) is 0 Å². The first-order valence-corrected chi connectivity index (χ1v) is 12.6. The molecule has 170 valence electrons. The number of amides is 1. The molecular weight excluding hydrogens is 471 g/mol. The standard InChI is InChI=1S/C23H24Cl2N2O4S/c1-3-21(27(32(2,29)30)22-15-18(24)9-11-20(22)25)23(28)26-12-13-31-19-10-8-16-6-4-5-7-17(16)14-19/h4-11,14-15,21H,3,12-13H2,1-2H3,(H,26,28). The summed E-state index contributed by atoms with van der Waals surface area (Å²) < 4.78 is 31.8. The molecule has 0 aromatic heterocycles. The van der Waals surface area contributed by atoms with Crippen molar-refractivity contribution < 1.29 is 17.9 Å². The monoisotopic (exact) mass is 494 g/mol. The third-order valence-corrected chi connectivity index (χ3v) is 6.59. The van der Waals surface area contributed by atoms with Gasteiger partial charge in [0, 0.05) is 5.02 Å². The molecular formula is C23H24Cl2N2O4S.